The summed E-state index contributed by atoms with van der Waals surface area (Å²) in [6.45, 7) is 2.22. The van der Waals surface area contributed by atoms with E-state index in [0.29, 0.717) is 28.2 Å². The summed E-state index contributed by atoms with van der Waals surface area (Å²) < 4.78 is 37.4. The van der Waals surface area contributed by atoms with Gasteiger partial charge < -0.3 is 14.8 Å². The molecule has 0 radical (unpaired) electrons. The number of carbonyl (C=O) groups excluding carboxylic acids is 1. The fraction of sp³-hybridized carbons (Fsp3) is 0.278. The molecule has 1 amide bonds. The Balaban J connectivity index is 1.74. The van der Waals surface area contributed by atoms with Crippen LogP contribution in [0.3, 0.4) is 0 Å². The van der Waals surface area contributed by atoms with Crippen LogP contribution in [0, 0.1) is 0 Å². The average molecular weight is 447 g/mol. The van der Waals surface area contributed by atoms with Crippen molar-refractivity contribution in [1.29, 1.82) is 0 Å². The number of hydrogen-bond acceptors (Lipinski definition) is 5. The third-order valence-electron chi connectivity index (χ3n) is 3.44. The Hall–Kier alpha value is -2.00. The summed E-state index contributed by atoms with van der Waals surface area (Å²) in [5.41, 5.74) is 0. The highest BCUT2D eigenvalue weighted by Crippen LogP contribution is 2.27. The third-order valence-corrected chi connectivity index (χ3v) is 5.44. The van der Waals surface area contributed by atoms with Crippen LogP contribution in [0.2, 0.25) is 10.0 Å². The summed E-state index contributed by atoms with van der Waals surface area (Å²) in [5, 5.41) is 3.31. The molecule has 0 spiro atoms. The number of carbonyl (C=O) groups is 1. The van der Waals surface area contributed by atoms with E-state index in [2.05, 4.69) is 10.0 Å². The number of hydrogen-bond donors (Lipinski definition) is 2. The van der Waals surface area contributed by atoms with Gasteiger partial charge in [0.15, 0.2) is 6.61 Å². The van der Waals surface area contributed by atoms with Crippen molar-refractivity contribution in [3.05, 3.63) is 52.5 Å². The monoisotopic (exact) mass is 446 g/mol. The van der Waals surface area contributed by atoms with Crippen molar-refractivity contribution in [2.45, 2.75) is 11.8 Å². The molecule has 10 heteroatoms. The van der Waals surface area contributed by atoms with Crippen molar-refractivity contribution in [3.63, 3.8) is 0 Å². The minimum atomic E-state index is -3.67. The molecular formula is C18H20Cl2N2O5S. The number of rotatable bonds is 10. The van der Waals surface area contributed by atoms with Gasteiger partial charge in [-0.2, -0.15) is 0 Å². The standard InChI is InChI=1S/C18H20Cl2N2O5S/c1-2-26-14-4-6-15(7-5-14)28(24,25)22-10-9-21-18(23)12-27-17-8-3-13(19)11-16(17)20/h3-8,11,22H,2,9-10,12H2,1H3,(H,21,23). The molecule has 0 heterocycles. The number of sulfonamides is 1. The number of ether oxygens (including phenoxy) is 2. The predicted octanol–water partition coefficient (Wildman–Crippen LogP) is 2.87. The maximum atomic E-state index is 12.2. The minimum absolute atomic E-state index is 0.0307. The highest BCUT2D eigenvalue weighted by molar-refractivity contribution is 7.89. The smallest absolute Gasteiger partial charge is 0.257 e. The Morgan fingerprint density at radius 1 is 1.04 bits per heavy atom. The molecule has 0 bridgehead atoms. The molecule has 0 fully saturated rings. The lowest BCUT2D eigenvalue weighted by atomic mass is 10.3. The Morgan fingerprint density at radius 3 is 2.39 bits per heavy atom. The van der Waals surface area contributed by atoms with E-state index in [1.807, 2.05) is 6.92 Å². The van der Waals surface area contributed by atoms with Crippen LogP contribution in [-0.2, 0) is 14.8 Å². The summed E-state index contributed by atoms with van der Waals surface area (Å²) in [5.74, 6) is 0.512. The van der Waals surface area contributed by atoms with Crippen LogP contribution in [0.25, 0.3) is 0 Å². The lowest BCUT2D eigenvalue weighted by molar-refractivity contribution is -0.123. The van der Waals surface area contributed by atoms with E-state index in [1.54, 1.807) is 24.3 Å². The highest BCUT2D eigenvalue weighted by atomic mass is 35.5. The molecule has 0 aromatic heterocycles. The van der Waals surface area contributed by atoms with Crippen LogP contribution in [0.1, 0.15) is 6.92 Å². The summed E-state index contributed by atoms with van der Waals surface area (Å²) in [7, 11) is -3.67. The lowest BCUT2D eigenvalue weighted by Gasteiger charge is -2.10. The zero-order chi connectivity index (χ0) is 20.6. The van der Waals surface area contributed by atoms with Gasteiger partial charge in [-0.1, -0.05) is 23.2 Å². The van der Waals surface area contributed by atoms with Crippen LogP contribution in [0.4, 0.5) is 0 Å². The van der Waals surface area contributed by atoms with Gasteiger partial charge in [0.05, 0.1) is 16.5 Å². The fourth-order valence-electron chi connectivity index (χ4n) is 2.14. The van der Waals surface area contributed by atoms with Gasteiger partial charge in [0.2, 0.25) is 10.0 Å². The maximum Gasteiger partial charge on any atom is 0.257 e. The second-order valence-corrected chi connectivity index (χ2v) is 8.13. The Bertz CT molecular complexity index is 905. The van der Waals surface area contributed by atoms with Crippen LogP contribution in [0.15, 0.2) is 47.4 Å². The van der Waals surface area contributed by atoms with Gasteiger partial charge in [-0.15, -0.1) is 0 Å². The molecule has 0 unspecified atom stereocenters. The van der Waals surface area contributed by atoms with Crippen LogP contribution in [0.5, 0.6) is 11.5 Å². The normalized spacial score (nSPS) is 11.1. The van der Waals surface area contributed by atoms with Crippen molar-refractivity contribution in [3.8, 4) is 11.5 Å². The Kier molecular flexibility index (Phi) is 8.37. The van der Waals surface area contributed by atoms with Crippen LogP contribution in [-0.4, -0.2) is 40.6 Å². The number of nitrogens with one attached hydrogen (secondary N) is 2. The van der Waals surface area contributed by atoms with Gasteiger partial charge in [0.25, 0.3) is 5.91 Å². The quantitative estimate of drug-likeness (QED) is 0.547. The molecule has 0 atom stereocenters. The van der Waals surface area contributed by atoms with Gasteiger partial charge in [-0.25, -0.2) is 13.1 Å². The Morgan fingerprint density at radius 2 is 1.75 bits per heavy atom. The first-order chi connectivity index (χ1) is 13.3. The van der Waals surface area contributed by atoms with E-state index in [-0.39, 0.29) is 24.6 Å². The van der Waals surface area contributed by atoms with Gasteiger partial charge in [-0.3, -0.25) is 4.79 Å². The number of benzene rings is 2. The molecule has 7 nitrogen and oxygen atoms in total. The molecular weight excluding hydrogens is 427 g/mol. The molecule has 0 aliphatic heterocycles. The van der Waals surface area contributed by atoms with Crippen molar-refractivity contribution >= 4 is 39.1 Å². The first-order valence-corrected chi connectivity index (χ1v) is 10.6. The summed E-state index contributed by atoms with van der Waals surface area (Å²) >= 11 is 11.7. The first kappa shape index (κ1) is 22.3. The number of amides is 1. The predicted molar refractivity (Wildman–Crippen MR) is 108 cm³/mol. The molecule has 0 aliphatic carbocycles. The van der Waals surface area contributed by atoms with E-state index in [1.165, 1.54) is 18.2 Å². The zero-order valence-electron chi connectivity index (χ0n) is 15.1. The highest BCUT2D eigenvalue weighted by Gasteiger charge is 2.13. The molecule has 2 aromatic rings. The van der Waals surface area contributed by atoms with E-state index in [0.717, 1.165) is 0 Å². The van der Waals surface area contributed by atoms with Gasteiger partial charge in [0, 0.05) is 18.1 Å². The van der Waals surface area contributed by atoms with E-state index < -0.39 is 15.9 Å². The summed E-state index contributed by atoms with van der Waals surface area (Å²) in [6, 6.07) is 10.7. The SMILES string of the molecule is CCOc1ccc(S(=O)(=O)NCCNC(=O)COc2ccc(Cl)cc2Cl)cc1. The minimum Gasteiger partial charge on any atom is -0.494 e. The van der Waals surface area contributed by atoms with E-state index >= 15 is 0 Å². The molecule has 0 saturated carbocycles. The van der Waals surface area contributed by atoms with Crippen LogP contribution < -0.4 is 19.5 Å². The lowest BCUT2D eigenvalue weighted by Crippen LogP contribution is -2.36. The Labute approximate surface area is 174 Å². The molecule has 2 rings (SSSR count). The topological polar surface area (TPSA) is 93.7 Å². The van der Waals surface area contributed by atoms with Crippen molar-refractivity contribution in [2.24, 2.45) is 0 Å². The zero-order valence-corrected chi connectivity index (χ0v) is 17.4. The van der Waals surface area contributed by atoms with E-state index in [9.17, 15) is 13.2 Å². The van der Waals surface area contributed by atoms with E-state index in [4.69, 9.17) is 32.7 Å². The average Bonchev–Trinajstić information content (AvgIpc) is 2.65. The van der Waals surface area contributed by atoms with Crippen LogP contribution >= 0.6 is 23.2 Å². The third kappa shape index (κ3) is 6.87. The summed E-state index contributed by atoms with van der Waals surface area (Å²) in [4.78, 5) is 11.9. The van der Waals surface area contributed by atoms with Crippen molar-refractivity contribution in [2.75, 3.05) is 26.3 Å². The van der Waals surface area contributed by atoms with Crippen molar-refractivity contribution in [1.82, 2.24) is 10.0 Å². The second-order valence-electron chi connectivity index (χ2n) is 5.52. The molecule has 2 N–H and O–H groups in total. The largest absolute Gasteiger partial charge is 0.494 e. The first-order valence-electron chi connectivity index (χ1n) is 8.39. The molecule has 152 valence electrons. The molecule has 0 saturated heterocycles. The fourth-order valence-corrected chi connectivity index (χ4v) is 3.63. The van der Waals surface area contributed by atoms with Gasteiger partial charge in [0.1, 0.15) is 11.5 Å². The second kappa shape index (κ2) is 10.5. The number of halogens is 2. The molecule has 28 heavy (non-hydrogen) atoms. The van der Waals surface area contributed by atoms with Crippen molar-refractivity contribution < 1.29 is 22.7 Å². The van der Waals surface area contributed by atoms with Gasteiger partial charge in [-0.05, 0) is 49.4 Å². The molecule has 0 aliphatic rings. The maximum absolute atomic E-state index is 12.2. The van der Waals surface area contributed by atoms with Gasteiger partial charge >= 0.3 is 0 Å². The summed E-state index contributed by atoms with van der Waals surface area (Å²) in [6.07, 6.45) is 0. The molecule has 2 aromatic carbocycles.